The molecule has 0 fully saturated rings. The zero-order valence-electron chi connectivity index (χ0n) is 12.3. The fraction of sp³-hybridized carbons (Fsp3) is 0.158. The van der Waals surface area contributed by atoms with Gasteiger partial charge in [-0.2, -0.15) is 0 Å². The van der Waals surface area contributed by atoms with Gasteiger partial charge in [-0.1, -0.05) is 72.8 Å². The van der Waals surface area contributed by atoms with Crippen LogP contribution in [0.2, 0.25) is 0 Å². The lowest BCUT2D eigenvalue weighted by Crippen LogP contribution is -3.00. The van der Waals surface area contributed by atoms with E-state index in [-0.39, 0.29) is 18.3 Å². The maximum absolute atomic E-state index is 10.8. The standard InChI is InChI=1S/C19H19NO.ClH/c20-13-18(19(21)15-8-2-1-3-9-15)17-12-6-10-14-7-4-5-11-16(14)17;/h1-12,18-19,21H,13,20H2;1H. The van der Waals surface area contributed by atoms with E-state index >= 15 is 0 Å². The van der Waals surface area contributed by atoms with Crippen molar-refractivity contribution in [1.82, 2.24) is 0 Å². The van der Waals surface area contributed by atoms with E-state index in [0.717, 1.165) is 5.56 Å². The summed E-state index contributed by atoms with van der Waals surface area (Å²) < 4.78 is 0. The fourth-order valence-electron chi connectivity index (χ4n) is 2.94. The molecule has 0 spiro atoms. The Labute approximate surface area is 137 Å². The monoisotopic (exact) mass is 313 g/mol. The Morgan fingerprint density at radius 1 is 0.818 bits per heavy atom. The van der Waals surface area contributed by atoms with Crippen LogP contribution in [0.25, 0.3) is 10.8 Å². The molecule has 2 unspecified atom stereocenters. The van der Waals surface area contributed by atoms with Gasteiger partial charge in [-0.25, -0.2) is 0 Å². The molecule has 0 heterocycles. The van der Waals surface area contributed by atoms with Crippen molar-refractivity contribution in [2.24, 2.45) is 0 Å². The summed E-state index contributed by atoms with van der Waals surface area (Å²) in [5.74, 6) is -0.00139. The highest BCUT2D eigenvalue weighted by Gasteiger charge is 2.24. The van der Waals surface area contributed by atoms with Crippen LogP contribution >= 0.6 is 0 Å². The molecule has 4 N–H and O–H groups in total. The third kappa shape index (κ3) is 3.14. The molecule has 3 aromatic rings. The molecule has 0 saturated carbocycles. The Kier molecular flexibility index (Phi) is 5.56. The first kappa shape index (κ1) is 16.5. The molecular formula is C19H20ClNO. The van der Waals surface area contributed by atoms with Crippen LogP contribution in [0.15, 0.2) is 72.8 Å². The Balaban J connectivity index is 0.00000176. The SMILES string of the molecule is [Cl-].[NH3+]CC(c1cccc2ccccc12)C(O)c1ccccc1. The molecule has 2 atom stereocenters. The van der Waals surface area contributed by atoms with Gasteiger partial charge in [0, 0.05) is 0 Å². The van der Waals surface area contributed by atoms with E-state index in [9.17, 15) is 5.11 Å². The van der Waals surface area contributed by atoms with Crippen LogP contribution in [0.4, 0.5) is 0 Å². The number of halogens is 1. The van der Waals surface area contributed by atoms with E-state index in [1.165, 1.54) is 16.3 Å². The predicted octanol–water partition coefficient (Wildman–Crippen LogP) is -0.0971. The van der Waals surface area contributed by atoms with Crippen LogP contribution in [0.3, 0.4) is 0 Å². The molecule has 114 valence electrons. The van der Waals surface area contributed by atoms with Crippen molar-refractivity contribution in [3.05, 3.63) is 83.9 Å². The highest BCUT2D eigenvalue weighted by molar-refractivity contribution is 5.86. The van der Waals surface area contributed by atoms with E-state index in [1.54, 1.807) is 0 Å². The van der Waals surface area contributed by atoms with E-state index in [4.69, 9.17) is 0 Å². The van der Waals surface area contributed by atoms with Crippen LogP contribution in [0.1, 0.15) is 23.1 Å². The number of hydrogen-bond donors (Lipinski definition) is 2. The molecule has 3 aromatic carbocycles. The van der Waals surface area contributed by atoms with Crippen molar-refractivity contribution >= 4 is 10.8 Å². The summed E-state index contributed by atoms with van der Waals surface area (Å²) in [6, 6.07) is 24.4. The van der Waals surface area contributed by atoms with Gasteiger partial charge in [0.05, 0.1) is 18.6 Å². The molecular weight excluding hydrogens is 294 g/mol. The fourth-order valence-corrected chi connectivity index (χ4v) is 2.94. The number of quaternary nitrogens is 1. The minimum Gasteiger partial charge on any atom is -1.00 e. The lowest BCUT2D eigenvalue weighted by Gasteiger charge is -2.22. The normalized spacial score (nSPS) is 13.4. The summed E-state index contributed by atoms with van der Waals surface area (Å²) in [6.45, 7) is 0.657. The average molecular weight is 314 g/mol. The molecule has 3 heteroatoms. The number of rotatable bonds is 4. The Bertz CT molecular complexity index is 724. The summed E-state index contributed by atoms with van der Waals surface area (Å²) >= 11 is 0. The zero-order valence-corrected chi connectivity index (χ0v) is 13.1. The molecule has 22 heavy (non-hydrogen) atoms. The Morgan fingerprint density at radius 3 is 2.18 bits per heavy atom. The maximum Gasteiger partial charge on any atom is 0.0912 e. The highest BCUT2D eigenvalue weighted by atomic mass is 35.5. The van der Waals surface area contributed by atoms with Gasteiger partial charge in [-0.15, -0.1) is 0 Å². The molecule has 0 radical (unpaired) electrons. The lowest BCUT2D eigenvalue weighted by atomic mass is 9.86. The Morgan fingerprint density at radius 2 is 1.45 bits per heavy atom. The first-order valence-corrected chi connectivity index (χ1v) is 7.31. The van der Waals surface area contributed by atoms with Crippen molar-refractivity contribution < 1.29 is 23.2 Å². The smallest absolute Gasteiger partial charge is 0.0912 e. The quantitative estimate of drug-likeness (QED) is 0.694. The molecule has 0 aliphatic heterocycles. The van der Waals surface area contributed by atoms with Crippen molar-refractivity contribution in [2.75, 3.05) is 6.54 Å². The largest absolute Gasteiger partial charge is 1.00 e. The maximum atomic E-state index is 10.8. The molecule has 3 rings (SSSR count). The third-order valence-corrected chi connectivity index (χ3v) is 4.06. The molecule has 0 aliphatic rings. The molecule has 0 aliphatic carbocycles. The van der Waals surface area contributed by atoms with E-state index in [0.29, 0.717) is 6.54 Å². The van der Waals surface area contributed by atoms with E-state index in [1.807, 2.05) is 42.5 Å². The molecule has 2 nitrogen and oxygen atoms in total. The van der Waals surface area contributed by atoms with Crippen LogP contribution < -0.4 is 18.1 Å². The second kappa shape index (κ2) is 7.41. The Hall–Kier alpha value is -1.87. The van der Waals surface area contributed by atoms with E-state index < -0.39 is 6.10 Å². The predicted molar refractivity (Wildman–Crippen MR) is 85.8 cm³/mol. The van der Waals surface area contributed by atoms with Gasteiger partial charge >= 0.3 is 0 Å². The minimum absolute atomic E-state index is 0. The molecule has 0 saturated heterocycles. The zero-order chi connectivity index (χ0) is 14.7. The highest BCUT2D eigenvalue weighted by Crippen LogP contribution is 2.33. The van der Waals surface area contributed by atoms with Crippen molar-refractivity contribution in [3.8, 4) is 0 Å². The van der Waals surface area contributed by atoms with Gasteiger partial charge < -0.3 is 23.2 Å². The average Bonchev–Trinajstić information content (AvgIpc) is 2.56. The van der Waals surface area contributed by atoms with Gasteiger partial charge in [-0.3, -0.25) is 0 Å². The van der Waals surface area contributed by atoms with Crippen molar-refractivity contribution in [2.45, 2.75) is 12.0 Å². The van der Waals surface area contributed by atoms with Gasteiger partial charge in [-0.05, 0) is 21.9 Å². The number of aliphatic hydroxyl groups is 1. The summed E-state index contributed by atoms with van der Waals surface area (Å²) in [7, 11) is 0. The van der Waals surface area contributed by atoms with Crippen molar-refractivity contribution in [1.29, 1.82) is 0 Å². The van der Waals surface area contributed by atoms with Gasteiger partial charge in [0.1, 0.15) is 0 Å². The first-order chi connectivity index (χ1) is 10.3. The number of aliphatic hydroxyl groups excluding tert-OH is 1. The van der Waals surface area contributed by atoms with E-state index in [2.05, 4.69) is 36.1 Å². The topological polar surface area (TPSA) is 47.9 Å². The van der Waals surface area contributed by atoms with Crippen LogP contribution in [0.5, 0.6) is 0 Å². The number of hydrogen-bond acceptors (Lipinski definition) is 1. The minimum atomic E-state index is -0.533. The van der Waals surface area contributed by atoms with Crippen LogP contribution in [-0.2, 0) is 0 Å². The molecule has 0 aromatic heterocycles. The molecule has 0 amide bonds. The van der Waals surface area contributed by atoms with Crippen molar-refractivity contribution in [3.63, 3.8) is 0 Å². The van der Waals surface area contributed by atoms with Crippen LogP contribution in [-0.4, -0.2) is 11.7 Å². The number of fused-ring (bicyclic) bond motifs is 1. The summed E-state index contributed by atoms with van der Waals surface area (Å²) in [5, 5.41) is 13.2. The lowest BCUT2D eigenvalue weighted by molar-refractivity contribution is -0.376. The second-order valence-corrected chi connectivity index (χ2v) is 5.32. The number of benzene rings is 3. The summed E-state index contributed by atoms with van der Waals surface area (Å²) in [4.78, 5) is 0. The summed E-state index contributed by atoms with van der Waals surface area (Å²) in [6.07, 6.45) is -0.533. The van der Waals surface area contributed by atoms with Gasteiger partial charge in [0.25, 0.3) is 0 Å². The van der Waals surface area contributed by atoms with Gasteiger partial charge in [0.2, 0.25) is 0 Å². The summed E-state index contributed by atoms with van der Waals surface area (Å²) in [5.41, 5.74) is 6.17. The second-order valence-electron chi connectivity index (χ2n) is 5.32. The third-order valence-electron chi connectivity index (χ3n) is 4.06. The molecule has 0 bridgehead atoms. The first-order valence-electron chi connectivity index (χ1n) is 7.31. The van der Waals surface area contributed by atoms with Gasteiger partial charge in [0.15, 0.2) is 0 Å². The van der Waals surface area contributed by atoms with Crippen LogP contribution in [0, 0.1) is 0 Å².